The van der Waals surface area contributed by atoms with Crippen LogP contribution in [0.1, 0.15) is 16.8 Å². The zero-order valence-electron chi connectivity index (χ0n) is 10.3. The van der Waals surface area contributed by atoms with Gasteiger partial charge in [-0.25, -0.2) is 0 Å². The van der Waals surface area contributed by atoms with Gasteiger partial charge in [0.05, 0.1) is 11.5 Å². The lowest BCUT2D eigenvalue weighted by molar-refractivity contribution is -0.384. The van der Waals surface area contributed by atoms with Crippen molar-refractivity contribution < 1.29 is 14.8 Å². The molecule has 0 spiro atoms. The number of nitrogens with zero attached hydrogens (tertiary/aromatic N) is 1. The Balaban J connectivity index is 2.74. The monoisotopic (exact) mass is 281 g/mol. The average molecular weight is 281 g/mol. The number of non-ortho nitro benzene ring substituents is 1. The number of hydrogen-bond donors (Lipinski definition) is 1. The molecule has 0 heterocycles. The van der Waals surface area contributed by atoms with Crippen molar-refractivity contribution in [1.29, 1.82) is 0 Å². The molecule has 0 amide bonds. The molecular weight excluding hydrogens is 266 g/mol. The Kier molecular flexibility index (Phi) is 6.24. The van der Waals surface area contributed by atoms with E-state index >= 15 is 0 Å². The van der Waals surface area contributed by atoms with E-state index < -0.39 is 4.92 Å². The lowest BCUT2D eigenvalue weighted by atomic mass is 10.1. The van der Waals surface area contributed by atoms with Crippen LogP contribution in [0.4, 0.5) is 5.69 Å². The second kappa shape index (κ2) is 7.70. The number of thioether (sulfide) groups is 1. The number of aliphatic hydroxyl groups is 1. The van der Waals surface area contributed by atoms with Gasteiger partial charge in [-0.15, -0.1) is 6.58 Å². The third-order valence-electron chi connectivity index (χ3n) is 2.45. The molecule has 0 fully saturated rings. The Morgan fingerprint density at radius 2 is 2.32 bits per heavy atom. The Bertz CT molecular complexity index is 475. The minimum atomic E-state index is -0.526. The van der Waals surface area contributed by atoms with Crippen LogP contribution < -0.4 is 0 Å². The fourth-order valence-corrected chi connectivity index (χ4v) is 2.32. The van der Waals surface area contributed by atoms with Crippen LogP contribution >= 0.6 is 11.8 Å². The van der Waals surface area contributed by atoms with Crippen molar-refractivity contribution >= 4 is 23.2 Å². The van der Waals surface area contributed by atoms with Crippen LogP contribution in [0.25, 0.3) is 0 Å². The molecule has 19 heavy (non-hydrogen) atoms. The number of hydrogen-bond acceptors (Lipinski definition) is 5. The number of aliphatic hydroxyl groups excluding tert-OH is 1. The number of carbonyl (C=O) groups is 1. The quantitative estimate of drug-likeness (QED) is 0.342. The number of carbonyl (C=O) groups excluding carboxylic acids is 1. The standard InChI is InChI=1S/C13H15NO4S/c1-2-12(19-7-6-15)9-13(16)10-4-3-5-11(8-10)14(17)18/h2-5,8,12,15H,1,6-7,9H2. The maximum atomic E-state index is 12.0. The van der Waals surface area contributed by atoms with E-state index in [2.05, 4.69) is 6.58 Å². The molecule has 1 atom stereocenters. The molecule has 1 aromatic rings. The molecule has 0 bridgehead atoms. The molecule has 1 N–H and O–H groups in total. The first-order valence-electron chi connectivity index (χ1n) is 5.71. The predicted molar refractivity (Wildman–Crippen MR) is 75.6 cm³/mol. The van der Waals surface area contributed by atoms with E-state index in [1.165, 1.54) is 30.0 Å². The number of rotatable bonds is 8. The van der Waals surface area contributed by atoms with Crippen molar-refractivity contribution in [1.82, 2.24) is 0 Å². The van der Waals surface area contributed by atoms with Gasteiger partial charge in [0.2, 0.25) is 0 Å². The molecule has 1 rings (SSSR count). The summed E-state index contributed by atoms with van der Waals surface area (Å²) in [5.74, 6) is 0.359. The van der Waals surface area contributed by atoms with E-state index in [4.69, 9.17) is 5.11 Å². The van der Waals surface area contributed by atoms with E-state index in [-0.39, 0.29) is 29.7 Å². The summed E-state index contributed by atoms with van der Waals surface area (Å²) < 4.78 is 0. The minimum Gasteiger partial charge on any atom is -0.396 e. The molecule has 0 aliphatic rings. The Hall–Kier alpha value is -1.66. The van der Waals surface area contributed by atoms with Gasteiger partial charge >= 0.3 is 0 Å². The highest BCUT2D eigenvalue weighted by molar-refractivity contribution is 8.00. The van der Waals surface area contributed by atoms with Gasteiger partial charge in [-0.2, -0.15) is 11.8 Å². The van der Waals surface area contributed by atoms with Gasteiger partial charge in [0.25, 0.3) is 5.69 Å². The van der Waals surface area contributed by atoms with E-state index in [9.17, 15) is 14.9 Å². The van der Waals surface area contributed by atoms with Gasteiger partial charge in [0.1, 0.15) is 0 Å². The van der Waals surface area contributed by atoms with E-state index in [1.54, 1.807) is 12.1 Å². The molecule has 0 aromatic heterocycles. The van der Waals surface area contributed by atoms with E-state index in [0.29, 0.717) is 11.3 Å². The van der Waals surface area contributed by atoms with E-state index in [1.807, 2.05) is 0 Å². The van der Waals surface area contributed by atoms with Crippen LogP contribution in [0.5, 0.6) is 0 Å². The summed E-state index contributed by atoms with van der Waals surface area (Å²) in [4.78, 5) is 22.1. The van der Waals surface area contributed by atoms with Crippen LogP contribution in [0.3, 0.4) is 0 Å². The molecule has 0 radical (unpaired) electrons. The second-order valence-electron chi connectivity index (χ2n) is 3.80. The zero-order chi connectivity index (χ0) is 14.3. The van der Waals surface area contributed by atoms with Crippen LogP contribution in [0.15, 0.2) is 36.9 Å². The van der Waals surface area contributed by atoms with Crippen molar-refractivity contribution in [2.24, 2.45) is 0 Å². The largest absolute Gasteiger partial charge is 0.396 e. The van der Waals surface area contributed by atoms with Crippen LogP contribution in [-0.2, 0) is 0 Å². The van der Waals surface area contributed by atoms with Gasteiger partial charge < -0.3 is 5.11 Å². The molecule has 0 saturated carbocycles. The molecule has 1 unspecified atom stereocenters. The lowest BCUT2D eigenvalue weighted by Crippen LogP contribution is -2.10. The van der Waals surface area contributed by atoms with Crippen molar-refractivity contribution in [3.8, 4) is 0 Å². The lowest BCUT2D eigenvalue weighted by Gasteiger charge is -2.10. The fourth-order valence-electron chi connectivity index (χ4n) is 1.51. The highest BCUT2D eigenvalue weighted by Gasteiger charge is 2.15. The third kappa shape index (κ3) is 4.84. The Morgan fingerprint density at radius 3 is 2.89 bits per heavy atom. The molecule has 102 valence electrons. The highest BCUT2D eigenvalue weighted by Crippen LogP contribution is 2.20. The van der Waals surface area contributed by atoms with Crippen molar-refractivity contribution in [2.45, 2.75) is 11.7 Å². The molecule has 0 aliphatic heterocycles. The summed E-state index contributed by atoms with van der Waals surface area (Å²) in [6, 6.07) is 5.68. The predicted octanol–water partition coefficient (Wildman–Crippen LogP) is 2.45. The Labute approximate surface area is 115 Å². The van der Waals surface area contributed by atoms with Gasteiger partial charge in [-0.05, 0) is 0 Å². The van der Waals surface area contributed by atoms with Gasteiger partial charge in [-0.1, -0.05) is 18.2 Å². The normalized spacial score (nSPS) is 11.8. The van der Waals surface area contributed by atoms with Crippen molar-refractivity contribution in [3.05, 3.63) is 52.6 Å². The minimum absolute atomic E-state index is 0.0417. The number of nitro groups is 1. The maximum Gasteiger partial charge on any atom is 0.270 e. The summed E-state index contributed by atoms with van der Waals surface area (Å²) in [5.41, 5.74) is 0.231. The van der Waals surface area contributed by atoms with Gasteiger partial charge in [-0.3, -0.25) is 14.9 Å². The molecule has 0 saturated heterocycles. The molecule has 1 aromatic carbocycles. The van der Waals surface area contributed by atoms with Crippen molar-refractivity contribution in [3.63, 3.8) is 0 Å². The molecule has 6 heteroatoms. The number of Topliss-reactive ketones (excluding diaryl/α,β-unsaturated/α-hetero) is 1. The van der Waals surface area contributed by atoms with Crippen LogP contribution in [0.2, 0.25) is 0 Å². The summed E-state index contributed by atoms with van der Waals surface area (Å²) in [6.07, 6.45) is 1.87. The molecule has 0 aliphatic carbocycles. The highest BCUT2D eigenvalue weighted by atomic mass is 32.2. The number of ketones is 1. The first-order chi connectivity index (χ1) is 9.08. The summed E-state index contributed by atoms with van der Waals surface area (Å²) >= 11 is 1.43. The third-order valence-corrected chi connectivity index (χ3v) is 3.66. The Morgan fingerprint density at radius 1 is 1.58 bits per heavy atom. The van der Waals surface area contributed by atoms with Gasteiger partial charge in [0, 0.05) is 35.1 Å². The summed E-state index contributed by atoms with van der Waals surface area (Å²) in [7, 11) is 0. The van der Waals surface area contributed by atoms with Crippen LogP contribution in [0, 0.1) is 10.1 Å². The maximum absolute atomic E-state index is 12.0. The first kappa shape index (κ1) is 15.4. The SMILES string of the molecule is C=CC(CC(=O)c1cccc([N+](=O)[O-])c1)SCCO. The summed E-state index contributed by atoms with van der Waals surface area (Å²) in [6.45, 7) is 3.69. The van der Waals surface area contributed by atoms with E-state index in [0.717, 1.165) is 0 Å². The van der Waals surface area contributed by atoms with Crippen LogP contribution in [-0.4, -0.2) is 33.4 Å². The topological polar surface area (TPSA) is 80.4 Å². The first-order valence-corrected chi connectivity index (χ1v) is 6.76. The second-order valence-corrected chi connectivity index (χ2v) is 5.15. The molecular formula is C13H15NO4S. The molecule has 5 nitrogen and oxygen atoms in total. The van der Waals surface area contributed by atoms with Crippen molar-refractivity contribution in [2.75, 3.05) is 12.4 Å². The smallest absolute Gasteiger partial charge is 0.270 e. The number of nitro benzene ring substituents is 1. The zero-order valence-corrected chi connectivity index (χ0v) is 11.1. The number of benzene rings is 1. The average Bonchev–Trinajstić information content (AvgIpc) is 2.43. The fraction of sp³-hybridized carbons (Fsp3) is 0.308. The summed E-state index contributed by atoms with van der Waals surface area (Å²) in [5, 5.41) is 19.3. The van der Waals surface area contributed by atoms with Gasteiger partial charge in [0.15, 0.2) is 5.78 Å².